The molecule has 0 atom stereocenters. The van der Waals surface area contributed by atoms with Gasteiger partial charge in [-0.15, -0.1) is 11.3 Å². The Bertz CT molecular complexity index is 450. The van der Waals surface area contributed by atoms with Crippen LogP contribution in [-0.4, -0.2) is 60.8 Å². The van der Waals surface area contributed by atoms with E-state index in [2.05, 4.69) is 10.3 Å². The molecule has 1 aromatic rings. The van der Waals surface area contributed by atoms with Crippen molar-refractivity contribution in [1.29, 1.82) is 0 Å². The number of nitrogens with one attached hydrogen (secondary N) is 1. The van der Waals surface area contributed by atoms with Crippen LogP contribution in [0.4, 0.5) is 4.79 Å². The van der Waals surface area contributed by atoms with Gasteiger partial charge < -0.3 is 20.1 Å². The zero-order valence-electron chi connectivity index (χ0n) is 11.6. The molecule has 0 spiro atoms. The molecule has 0 radical (unpaired) electrons. The molecule has 0 aromatic carbocycles. The van der Waals surface area contributed by atoms with Crippen LogP contribution in [0.15, 0.2) is 5.38 Å². The summed E-state index contributed by atoms with van der Waals surface area (Å²) < 4.78 is 4.92. The molecule has 1 rings (SSSR count). The number of rotatable bonds is 8. The summed E-state index contributed by atoms with van der Waals surface area (Å²) >= 11 is 1.28. The van der Waals surface area contributed by atoms with Gasteiger partial charge in [0.05, 0.1) is 5.01 Å². The van der Waals surface area contributed by atoms with E-state index in [0.29, 0.717) is 31.1 Å². The van der Waals surface area contributed by atoms with E-state index in [1.165, 1.54) is 16.7 Å². The maximum atomic E-state index is 11.7. The Kier molecular flexibility index (Phi) is 6.96. The zero-order valence-corrected chi connectivity index (χ0v) is 12.4. The van der Waals surface area contributed by atoms with Gasteiger partial charge in [-0.3, -0.25) is 0 Å². The number of urea groups is 1. The number of hydrogen-bond donors (Lipinski definition) is 2. The summed E-state index contributed by atoms with van der Waals surface area (Å²) in [5.41, 5.74) is 0.0491. The van der Waals surface area contributed by atoms with Gasteiger partial charge in [0.25, 0.3) is 0 Å². The van der Waals surface area contributed by atoms with Gasteiger partial charge in [0.15, 0.2) is 5.69 Å². The molecule has 0 aliphatic carbocycles. The minimum atomic E-state index is -1.03. The first-order chi connectivity index (χ1) is 9.54. The number of carboxylic acid groups (broad SMARTS) is 1. The number of aromatic carboxylic acids is 1. The zero-order chi connectivity index (χ0) is 15.0. The third-order valence-corrected chi connectivity index (χ3v) is 3.48. The van der Waals surface area contributed by atoms with Gasteiger partial charge >= 0.3 is 12.0 Å². The van der Waals surface area contributed by atoms with Gasteiger partial charge in [0, 0.05) is 45.7 Å². The molecule has 2 amide bonds. The molecule has 20 heavy (non-hydrogen) atoms. The van der Waals surface area contributed by atoms with Crippen molar-refractivity contribution in [3.63, 3.8) is 0 Å². The molecular weight excluding hydrogens is 282 g/mol. The molecule has 0 aliphatic heterocycles. The SMILES string of the molecule is COCCCN(C)C(=O)NCCc1nc(C(=O)O)cs1. The Labute approximate surface area is 121 Å². The number of carbonyl (C=O) groups excluding carboxylic acids is 1. The monoisotopic (exact) mass is 301 g/mol. The Morgan fingerprint density at radius 1 is 1.55 bits per heavy atom. The molecule has 0 saturated carbocycles. The average Bonchev–Trinajstić information content (AvgIpc) is 2.87. The van der Waals surface area contributed by atoms with Gasteiger partial charge in [0.1, 0.15) is 0 Å². The molecular formula is C12H19N3O4S. The highest BCUT2D eigenvalue weighted by Gasteiger charge is 2.10. The second kappa shape index (κ2) is 8.49. The smallest absolute Gasteiger partial charge is 0.355 e. The lowest BCUT2D eigenvalue weighted by atomic mass is 10.4. The first kappa shape index (κ1) is 16.4. The van der Waals surface area contributed by atoms with Crippen molar-refractivity contribution in [2.75, 3.05) is 33.9 Å². The van der Waals surface area contributed by atoms with E-state index in [9.17, 15) is 9.59 Å². The molecule has 0 saturated heterocycles. The van der Waals surface area contributed by atoms with E-state index < -0.39 is 5.97 Å². The van der Waals surface area contributed by atoms with Gasteiger partial charge in [-0.05, 0) is 6.42 Å². The number of nitrogens with zero attached hydrogens (tertiary/aromatic N) is 2. The molecule has 1 aromatic heterocycles. The number of hydrogen-bond acceptors (Lipinski definition) is 5. The minimum Gasteiger partial charge on any atom is -0.476 e. The number of thiazole rings is 1. The Balaban J connectivity index is 2.25. The molecule has 7 nitrogen and oxygen atoms in total. The number of aromatic nitrogens is 1. The average molecular weight is 301 g/mol. The van der Waals surface area contributed by atoms with Crippen molar-refractivity contribution in [2.45, 2.75) is 12.8 Å². The fraction of sp³-hybridized carbons (Fsp3) is 0.583. The van der Waals surface area contributed by atoms with Crippen LogP contribution in [-0.2, 0) is 11.2 Å². The fourth-order valence-corrected chi connectivity index (χ4v) is 2.26. The predicted molar refractivity (Wildman–Crippen MR) is 75.3 cm³/mol. The molecule has 112 valence electrons. The van der Waals surface area contributed by atoms with Crippen LogP contribution < -0.4 is 5.32 Å². The summed E-state index contributed by atoms with van der Waals surface area (Å²) in [5, 5.41) is 13.7. The summed E-state index contributed by atoms with van der Waals surface area (Å²) in [6.45, 7) is 1.68. The molecule has 0 unspecified atom stereocenters. The van der Waals surface area contributed by atoms with Crippen molar-refractivity contribution < 1.29 is 19.4 Å². The second-order valence-electron chi connectivity index (χ2n) is 4.18. The molecule has 8 heteroatoms. The van der Waals surface area contributed by atoms with Crippen molar-refractivity contribution in [1.82, 2.24) is 15.2 Å². The van der Waals surface area contributed by atoms with Crippen LogP contribution >= 0.6 is 11.3 Å². The fourth-order valence-electron chi connectivity index (χ4n) is 1.48. The standard InChI is InChI=1S/C12H19N3O4S/c1-15(6-3-7-19-2)12(18)13-5-4-10-14-9(8-20-10)11(16)17/h8H,3-7H2,1-2H3,(H,13,18)(H,16,17). The minimum absolute atomic E-state index is 0.0491. The van der Waals surface area contributed by atoms with Gasteiger partial charge in [-0.2, -0.15) is 0 Å². The van der Waals surface area contributed by atoms with Crippen molar-refractivity contribution >= 4 is 23.3 Å². The van der Waals surface area contributed by atoms with Crippen molar-refractivity contribution in [3.8, 4) is 0 Å². The highest BCUT2D eigenvalue weighted by atomic mass is 32.1. The van der Waals surface area contributed by atoms with Crippen molar-refractivity contribution in [2.24, 2.45) is 0 Å². The van der Waals surface area contributed by atoms with E-state index in [4.69, 9.17) is 9.84 Å². The number of ether oxygens (including phenoxy) is 1. The summed E-state index contributed by atoms with van der Waals surface area (Å²) in [4.78, 5) is 27.9. The predicted octanol–water partition coefficient (Wildman–Crippen LogP) is 1.06. The quantitative estimate of drug-likeness (QED) is 0.701. The van der Waals surface area contributed by atoms with Crippen molar-refractivity contribution in [3.05, 3.63) is 16.1 Å². The number of amides is 2. The van der Waals surface area contributed by atoms with E-state index >= 15 is 0 Å². The molecule has 1 heterocycles. The summed E-state index contributed by atoms with van der Waals surface area (Å²) in [6, 6.07) is -0.156. The highest BCUT2D eigenvalue weighted by molar-refractivity contribution is 7.09. The topological polar surface area (TPSA) is 91.8 Å². The maximum Gasteiger partial charge on any atom is 0.355 e. The first-order valence-corrected chi connectivity index (χ1v) is 7.08. The Morgan fingerprint density at radius 2 is 2.30 bits per heavy atom. The summed E-state index contributed by atoms with van der Waals surface area (Å²) in [7, 11) is 3.34. The third-order valence-electron chi connectivity index (χ3n) is 2.57. The van der Waals surface area contributed by atoms with Crippen LogP contribution in [0.3, 0.4) is 0 Å². The second-order valence-corrected chi connectivity index (χ2v) is 5.12. The van der Waals surface area contributed by atoms with Gasteiger partial charge in [0.2, 0.25) is 0 Å². The lowest BCUT2D eigenvalue weighted by molar-refractivity contribution is 0.0691. The third kappa shape index (κ3) is 5.54. The highest BCUT2D eigenvalue weighted by Crippen LogP contribution is 2.09. The Morgan fingerprint density at radius 3 is 2.90 bits per heavy atom. The first-order valence-electron chi connectivity index (χ1n) is 6.20. The number of methoxy groups -OCH3 is 1. The van der Waals surface area contributed by atoms with Crippen LogP contribution in [0.1, 0.15) is 21.9 Å². The normalized spacial score (nSPS) is 10.3. The summed E-state index contributed by atoms with van der Waals surface area (Å²) in [5.74, 6) is -1.03. The molecule has 0 bridgehead atoms. The lowest BCUT2D eigenvalue weighted by Gasteiger charge is -2.17. The lowest BCUT2D eigenvalue weighted by Crippen LogP contribution is -2.38. The number of carbonyl (C=O) groups is 2. The largest absolute Gasteiger partial charge is 0.476 e. The van der Waals surface area contributed by atoms with Gasteiger partial charge in [-0.25, -0.2) is 14.6 Å². The molecule has 2 N–H and O–H groups in total. The Hall–Kier alpha value is -1.67. The van der Waals surface area contributed by atoms with E-state index in [-0.39, 0.29) is 11.7 Å². The maximum absolute atomic E-state index is 11.7. The molecule has 0 aliphatic rings. The van der Waals surface area contributed by atoms with E-state index in [0.717, 1.165) is 6.42 Å². The van der Waals surface area contributed by atoms with Gasteiger partial charge in [-0.1, -0.05) is 0 Å². The van der Waals surface area contributed by atoms with Crippen LogP contribution in [0.2, 0.25) is 0 Å². The summed E-state index contributed by atoms with van der Waals surface area (Å²) in [6.07, 6.45) is 1.31. The molecule has 0 fully saturated rings. The number of carboxylic acids is 1. The van der Waals surface area contributed by atoms with Crippen LogP contribution in [0.25, 0.3) is 0 Å². The van der Waals surface area contributed by atoms with E-state index in [1.54, 1.807) is 19.1 Å². The van der Waals surface area contributed by atoms with Crippen LogP contribution in [0.5, 0.6) is 0 Å². The van der Waals surface area contributed by atoms with E-state index in [1.807, 2.05) is 0 Å². The van der Waals surface area contributed by atoms with Crippen LogP contribution in [0, 0.1) is 0 Å².